The molecule has 0 radical (unpaired) electrons. The van der Waals surface area contributed by atoms with Crippen LogP contribution < -0.4 is 44.0 Å². The third-order valence-corrected chi connectivity index (χ3v) is 20.6. The van der Waals surface area contributed by atoms with E-state index >= 15 is 0 Å². The van der Waals surface area contributed by atoms with E-state index in [2.05, 4.69) is 10.6 Å². The molecule has 9 heterocycles. The number of hydrogen-bond acceptors (Lipinski definition) is 30. The van der Waals surface area contributed by atoms with Gasteiger partial charge in [0.05, 0.1) is 0 Å². The van der Waals surface area contributed by atoms with Gasteiger partial charge in [-0.3, -0.25) is 0 Å². The number of aromatic nitrogens is 9. The normalized spacial score (nSPS) is 26.2. The topological polar surface area (TPSA) is 340 Å². The van der Waals surface area contributed by atoms with E-state index in [1.54, 1.807) is 0 Å². The summed E-state index contributed by atoms with van der Waals surface area (Å²) in [5, 5.41) is 82.9. The first kappa shape index (κ1) is 75.9. The Morgan fingerprint density at radius 1 is 0.278 bits per heavy atom. The van der Waals surface area contributed by atoms with Crippen molar-refractivity contribution in [2.45, 2.75) is 346 Å². The zero-order chi connectivity index (χ0) is 72.0. The monoisotopic (exact) mass is 1370 g/mol. The third kappa shape index (κ3) is 17.4. The lowest BCUT2D eigenvalue weighted by Gasteiger charge is -2.51. The highest BCUT2D eigenvalue weighted by atomic mass is 16.6. The molecule has 0 aliphatic carbocycles. The van der Waals surface area contributed by atoms with Crippen molar-refractivity contribution in [1.29, 1.82) is 0 Å². The lowest BCUT2D eigenvalue weighted by Crippen LogP contribution is -2.61. The van der Waals surface area contributed by atoms with E-state index in [-0.39, 0.29) is 105 Å². The highest BCUT2D eigenvalue weighted by Crippen LogP contribution is 2.45. The maximum absolute atomic E-state index is 11.4. The van der Waals surface area contributed by atoms with Crippen LogP contribution in [0.1, 0.15) is 243 Å². The van der Waals surface area contributed by atoms with Crippen LogP contribution in [-0.2, 0) is 0 Å². The number of anilines is 3. The standard InChI is InChI=1S/C67H118N18O12/c1-56(2)29-41(30-57(3,4)80(56)86)92-50-70-47(71-51(76-50)93-42-31-58(5,6)81(87)59(7,8)32-42)68-25-27-79(49-74-54(96-45-37-64(17,18)84(90)65(19,20)38-45)78-55(75-49)97-46-39-66(21,22)85(91)67(23,24)40-46)28-26-69-48-72-52(94-43-33-60(9,10)82(88)61(11,12)34-43)77-53(73-48)95-44-35-62(13,14)83(89)63(15,16)36-44/h41-46,86-91H,25-40H2,1-24H3,(H,68,70,71,76)(H,69,72,73,77). The maximum atomic E-state index is 11.4. The van der Waals surface area contributed by atoms with Gasteiger partial charge in [-0.05, 0) is 166 Å². The van der Waals surface area contributed by atoms with Crippen molar-refractivity contribution in [2.75, 3.05) is 41.7 Å². The van der Waals surface area contributed by atoms with Gasteiger partial charge in [-0.2, -0.15) is 60.3 Å². The van der Waals surface area contributed by atoms with Crippen molar-refractivity contribution < 1.29 is 59.7 Å². The summed E-state index contributed by atoms with van der Waals surface area (Å²) in [6, 6.07) is 0.177. The largest absolute Gasteiger partial charge is 0.460 e. The molecule has 3 aromatic rings. The molecule has 3 aromatic heterocycles. The number of nitrogens with zero attached hydrogens (tertiary/aromatic N) is 16. The molecular formula is C67H118N18O12. The van der Waals surface area contributed by atoms with Crippen LogP contribution in [0.4, 0.5) is 17.8 Å². The van der Waals surface area contributed by atoms with Gasteiger partial charge in [0, 0.05) is 170 Å². The maximum Gasteiger partial charge on any atom is 0.324 e. The predicted octanol–water partition coefficient (Wildman–Crippen LogP) is 10.0. The molecule has 0 spiro atoms. The fourth-order valence-electron chi connectivity index (χ4n) is 17.0. The predicted molar refractivity (Wildman–Crippen MR) is 361 cm³/mol. The van der Waals surface area contributed by atoms with Crippen molar-refractivity contribution >= 4 is 17.8 Å². The van der Waals surface area contributed by atoms with Gasteiger partial charge >= 0.3 is 36.1 Å². The van der Waals surface area contributed by atoms with E-state index in [4.69, 9.17) is 73.3 Å². The summed E-state index contributed by atoms with van der Waals surface area (Å²) < 4.78 is 40.3. The van der Waals surface area contributed by atoms with Gasteiger partial charge < -0.3 is 75.2 Å². The van der Waals surface area contributed by atoms with Crippen molar-refractivity contribution in [3.63, 3.8) is 0 Å². The van der Waals surface area contributed by atoms with Crippen LogP contribution in [0.5, 0.6) is 36.1 Å². The van der Waals surface area contributed by atoms with E-state index in [0.717, 1.165) is 0 Å². The van der Waals surface area contributed by atoms with Crippen LogP contribution in [0.15, 0.2) is 0 Å². The molecule has 0 atom stereocenters. The van der Waals surface area contributed by atoms with Gasteiger partial charge in [0.2, 0.25) is 17.8 Å². The molecule has 0 unspecified atom stereocenters. The number of nitrogens with one attached hydrogen (secondary N) is 2. The molecule has 6 fully saturated rings. The molecule has 9 rings (SSSR count). The smallest absolute Gasteiger partial charge is 0.324 e. The summed E-state index contributed by atoms with van der Waals surface area (Å²) in [4.78, 5) is 45.8. The van der Waals surface area contributed by atoms with Crippen molar-refractivity contribution in [2.24, 2.45) is 0 Å². The van der Waals surface area contributed by atoms with Gasteiger partial charge in [0.15, 0.2) is 0 Å². The first-order valence-electron chi connectivity index (χ1n) is 34.8. The average molecular weight is 1370 g/mol. The van der Waals surface area contributed by atoms with E-state index < -0.39 is 78.7 Å². The van der Waals surface area contributed by atoms with Crippen LogP contribution in [-0.4, -0.2) is 236 Å². The van der Waals surface area contributed by atoms with Gasteiger partial charge in [0.1, 0.15) is 36.6 Å². The van der Waals surface area contributed by atoms with Gasteiger partial charge in [-0.25, -0.2) is 0 Å². The average Bonchev–Trinajstić information content (AvgIpc) is 0.802. The van der Waals surface area contributed by atoms with Crippen LogP contribution in [0, 0.1) is 0 Å². The number of hydroxylamine groups is 12. The Morgan fingerprint density at radius 3 is 0.598 bits per heavy atom. The molecule has 0 aromatic carbocycles. The van der Waals surface area contributed by atoms with Crippen LogP contribution >= 0.6 is 0 Å². The Kier molecular flexibility index (Phi) is 20.8. The van der Waals surface area contributed by atoms with Gasteiger partial charge in [-0.1, -0.05) is 0 Å². The van der Waals surface area contributed by atoms with Crippen molar-refractivity contribution in [3.05, 3.63) is 0 Å². The van der Waals surface area contributed by atoms with Gasteiger partial charge in [-0.15, -0.1) is 15.0 Å². The van der Waals surface area contributed by atoms with E-state index in [1.807, 2.05) is 171 Å². The SMILES string of the molecule is CC1(C)CC(Oc2nc(NCCN(CCNc3nc(OC4CC(C)(C)N(O)C(C)(C)C4)nc(OC4CC(C)(C)N(O)C(C)(C)C4)n3)c3nc(OC4CC(C)(C)N(O)C(C)(C)C4)nc(OC4CC(C)(C)N(O)C(C)(C)C4)n3)nc(OC3CC(C)(C)N(O)C(C)(C)C3)n2)CC(C)(C)N1O. The highest BCUT2D eigenvalue weighted by Gasteiger charge is 2.52. The first-order chi connectivity index (χ1) is 44.3. The van der Waals surface area contributed by atoms with E-state index in [1.165, 1.54) is 30.4 Å². The summed E-state index contributed by atoms with van der Waals surface area (Å²) in [6.45, 7) is 48.0. The number of piperidine rings is 6. The van der Waals surface area contributed by atoms with Gasteiger partial charge in [0.25, 0.3) is 0 Å². The van der Waals surface area contributed by atoms with Crippen LogP contribution in [0.25, 0.3) is 0 Å². The molecule has 6 saturated heterocycles. The molecule has 6 aliphatic rings. The minimum Gasteiger partial charge on any atom is -0.460 e. The lowest BCUT2D eigenvalue weighted by atomic mass is 9.80. The number of ether oxygens (including phenoxy) is 6. The summed E-state index contributed by atoms with van der Waals surface area (Å²) in [6.07, 6.45) is 3.18. The Labute approximate surface area is 574 Å². The first-order valence-corrected chi connectivity index (χ1v) is 34.8. The second-order valence-electron chi connectivity index (χ2n) is 36.0. The zero-order valence-corrected chi connectivity index (χ0v) is 62.6. The molecule has 0 bridgehead atoms. The Hall–Kier alpha value is -5.25. The number of hydrogen-bond donors (Lipinski definition) is 8. The molecule has 0 saturated carbocycles. The quantitative estimate of drug-likeness (QED) is 0.0491. The van der Waals surface area contributed by atoms with Crippen LogP contribution in [0.3, 0.4) is 0 Å². The summed E-state index contributed by atoms with van der Waals surface area (Å²) in [5.41, 5.74) is -7.75. The Bertz CT molecular complexity index is 2800. The fraction of sp³-hybridized carbons (Fsp3) is 0.866. The molecule has 97 heavy (non-hydrogen) atoms. The summed E-state index contributed by atoms with van der Waals surface area (Å²) in [7, 11) is 0. The molecule has 0 amide bonds. The minimum absolute atomic E-state index is 0.0164. The minimum atomic E-state index is -0.668. The second kappa shape index (κ2) is 26.6. The van der Waals surface area contributed by atoms with Crippen molar-refractivity contribution in [1.82, 2.24) is 75.2 Å². The van der Waals surface area contributed by atoms with E-state index in [9.17, 15) is 31.2 Å². The molecule has 30 heteroatoms. The second-order valence-corrected chi connectivity index (χ2v) is 36.0. The summed E-state index contributed by atoms with van der Waals surface area (Å²) >= 11 is 0. The fourth-order valence-corrected chi connectivity index (χ4v) is 17.0. The van der Waals surface area contributed by atoms with E-state index in [0.29, 0.717) is 77.0 Å². The highest BCUT2D eigenvalue weighted by molar-refractivity contribution is 5.36. The Balaban J connectivity index is 1.08. The molecule has 6 aliphatic heterocycles. The van der Waals surface area contributed by atoms with Crippen LogP contribution in [0.2, 0.25) is 0 Å². The Morgan fingerprint density at radius 2 is 0.433 bits per heavy atom. The number of rotatable bonds is 21. The summed E-state index contributed by atoms with van der Waals surface area (Å²) in [5.74, 6) is 0.531. The van der Waals surface area contributed by atoms with Crippen molar-refractivity contribution in [3.8, 4) is 36.1 Å². The zero-order valence-electron chi connectivity index (χ0n) is 62.6. The lowest BCUT2D eigenvalue weighted by molar-refractivity contribution is -0.255. The molecular weight excluding hydrogens is 1250 g/mol. The third-order valence-electron chi connectivity index (χ3n) is 20.6. The molecule has 30 nitrogen and oxygen atoms in total. The molecule has 548 valence electrons. The molecule has 8 N–H and O–H groups in total.